The molecular formula is C19H23NO. The molecule has 1 atom stereocenters. The zero-order chi connectivity index (χ0) is 14.5. The fraction of sp³-hybridized carbons (Fsp3) is 0.368. The Bertz CT molecular complexity index is 546. The zero-order valence-electron chi connectivity index (χ0n) is 12.6. The second-order valence-electron chi connectivity index (χ2n) is 5.75. The fourth-order valence-corrected chi connectivity index (χ4v) is 2.59. The van der Waals surface area contributed by atoms with Crippen molar-refractivity contribution in [1.82, 2.24) is 5.32 Å². The maximum Gasteiger partial charge on any atom is 0.119 e. The molecule has 1 aliphatic carbocycles. The van der Waals surface area contributed by atoms with E-state index in [2.05, 4.69) is 59.9 Å². The molecule has 1 saturated carbocycles. The van der Waals surface area contributed by atoms with Crippen LogP contribution in [0.5, 0.6) is 5.75 Å². The number of rotatable bonds is 7. The molecule has 0 amide bonds. The third-order valence-electron chi connectivity index (χ3n) is 4.02. The van der Waals surface area contributed by atoms with E-state index in [0.29, 0.717) is 12.1 Å². The monoisotopic (exact) mass is 281 g/mol. The first-order valence-corrected chi connectivity index (χ1v) is 7.83. The van der Waals surface area contributed by atoms with Crippen molar-refractivity contribution in [3.8, 4) is 5.75 Å². The second kappa shape index (κ2) is 6.77. The maximum absolute atomic E-state index is 5.80. The molecule has 0 heterocycles. The van der Waals surface area contributed by atoms with Crippen LogP contribution in [-0.2, 0) is 6.42 Å². The summed E-state index contributed by atoms with van der Waals surface area (Å²) < 4.78 is 5.80. The Morgan fingerprint density at radius 2 is 1.76 bits per heavy atom. The summed E-state index contributed by atoms with van der Waals surface area (Å²) in [6, 6.07) is 19.6. The molecule has 3 rings (SSSR count). The van der Waals surface area contributed by atoms with Crippen LogP contribution in [0.25, 0.3) is 0 Å². The first-order valence-electron chi connectivity index (χ1n) is 7.83. The van der Waals surface area contributed by atoms with Crippen molar-refractivity contribution in [1.29, 1.82) is 0 Å². The Balaban J connectivity index is 1.59. The minimum absolute atomic E-state index is 0.389. The summed E-state index contributed by atoms with van der Waals surface area (Å²) in [5.74, 6) is 0.999. The van der Waals surface area contributed by atoms with Crippen molar-refractivity contribution in [2.75, 3.05) is 7.05 Å². The Hall–Kier alpha value is -1.80. The van der Waals surface area contributed by atoms with Crippen LogP contribution in [0, 0.1) is 0 Å². The molecule has 2 heteroatoms. The number of aryl methyl sites for hydroxylation is 1. The lowest BCUT2D eigenvalue weighted by molar-refractivity contribution is 0.303. The standard InChI is InChI=1S/C19H23NO/c1-20-19(14-7-15-5-3-2-4-6-15)16-8-10-17(11-9-16)21-18-12-13-18/h2-6,8-11,18-20H,7,12-14H2,1H3. The van der Waals surface area contributed by atoms with Crippen LogP contribution in [-0.4, -0.2) is 13.2 Å². The van der Waals surface area contributed by atoms with Gasteiger partial charge in [-0.15, -0.1) is 0 Å². The van der Waals surface area contributed by atoms with E-state index in [4.69, 9.17) is 4.74 Å². The van der Waals surface area contributed by atoms with E-state index in [1.807, 2.05) is 7.05 Å². The Morgan fingerprint density at radius 3 is 2.38 bits per heavy atom. The highest BCUT2D eigenvalue weighted by Crippen LogP contribution is 2.28. The Kier molecular flexibility index (Phi) is 4.56. The largest absolute Gasteiger partial charge is 0.490 e. The van der Waals surface area contributed by atoms with Crippen molar-refractivity contribution in [3.63, 3.8) is 0 Å². The third kappa shape index (κ3) is 4.08. The lowest BCUT2D eigenvalue weighted by Gasteiger charge is -2.17. The van der Waals surface area contributed by atoms with E-state index in [0.717, 1.165) is 18.6 Å². The van der Waals surface area contributed by atoms with Gasteiger partial charge in [0, 0.05) is 6.04 Å². The molecule has 0 spiro atoms. The van der Waals surface area contributed by atoms with Crippen molar-refractivity contribution < 1.29 is 4.74 Å². The van der Waals surface area contributed by atoms with Crippen LogP contribution in [0.4, 0.5) is 0 Å². The van der Waals surface area contributed by atoms with Gasteiger partial charge in [0.1, 0.15) is 5.75 Å². The highest BCUT2D eigenvalue weighted by molar-refractivity contribution is 5.30. The summed E-state index contributed by atoms with van der Waals surface area (Å²) in [4.78, 5) is 0. The molecule has 2 aromatic rings. The van der Waals surface area contributed by atoms with E-state index in [9.17, 15) is 0 Å². The van der Waals surface area contributed by atoms with Gasteiger partial charge in [0.15, 0.2) is 0 Å². The lowest BCUT2D eigenvalue weighted by Crippen LogP contribution is -2.17. The van der Waals surface area contributed by atoms with Gasteiger partial charge in [0.05, 0.1) is 6.10 Å². The van der Waals surface area contributed by atoms with Crippen LogP contribution in [0.15, 0.2) is 54.6 Å². The van der Waals surface area contributed by atoms with Crippen LogP contribution in [0.1, 0.15) is 36.4 Å². The topological polar surface area (TPSA) is 21.3 Å². The highest BCUT2D eigenvalue weighted by atomic mass is 16.5. The van der Waals surface area contributed by atoms with Gasteiger partial charge >= 0.3 is 0 Å². The van der Waals surface area contributed by atoms with Crippen LogP contribution >= 0.6 is 0 Å². The molecule has 1 aliphatic rings. The summed E-state index contributed by atoms with van der Waals surface area (Å²) in [5, 5.41) is 3.42. The van der Waals surface area contributed by atoms with Gasteiger partial charge in [0.2, 0.25) is 0 Å². The average Bonchev–Trinajstić information content (AvgIpc) is 3.34. The predicted octanol–water partition coefficient (Wildman–Crippen LogP) is 4.12. The average molecular weight is 281 g/mol. The number of ether oxygens (including phenoxy) is 1. The van der Waals surface area contributed by atoms with Gasteiger partial charge in [-0.05, 0) is 56.0 Å². The molecule has 1 unspecified atom stereocenters. The van der Waals surface area contributed by atoms with E-state index < -0.39 is 0 Å². The molecule has 0 bridgehead atoms. The Labute approximate surface area is 127 Å². The second-order valence-corrected chi connectivity index (χ2v) is 5.75. The number of hydrogen-bond acceptors (Lipinski definition) is 2. The van der Waals surface area contributed by atoms with Crippen LogP contribution < -0.4 is 10.1 Å². The molecule has 110 valence electrons. The highest BCUT2D eigenvalue weighted by Gasteiger charge is 2.23. The molecule has 0 saturated heterocycles. The maximum atomic E-state index is 5.80. The first kappa shape index (κ1) is 14.2. The molecule has 2 aromatic carbocycles. The minimum atomic E-state index is 0.389. The summed E-state index contributed by atoms with van der Waals surface area (Å²) in [7, 11) is 2.03. The van der Waals surface area contributed by atoms with Crippen molar-refractivity contribution >= 4 is 0 Å². The SMILES string of the molecule is CNC(CCc1ccccc1)c1ccc(OC2CC2)cc1. The Morgan fingerprint density at radius 1 is 1.05 bits per heavy atom. The molecule has 0 aromatic heterocycles. The van der Waals surface area contributed by atoms with E-state index in [-0.39, 0.29) is 0 Å². The zero-order valence-corrected chi connectivity index (χ0v) is 12.6. The van der Waals surface area contributed by atoms with Crippen molar-refractivity contribution in [2.45, 2.75) is 37.8 Å². The van der Waals surface area contributed by atoms with Crippen molar-refractivity contribution in [2.24, 2.45) is 0 Å². The minimum Gasteiger partial charge on any atom is -0.490 e. The van der Waals surface area contributed by atoms with E-state index >= 15 is 0 Å². The quantitative estimate of drug-likeness (QED) is 0.824. The molecule has 0 radical (unpaired) electrons. The van der Waals surface area contributed by atoms with Crippen molar-refractivity contribution in [3.05, 3.63) is 65.7 Å². The van der Waals surface area contributed by atoms with Gasteiger partial charge in [-0.2, -0.15) is 0 Å². The molecule has 1 N–H and O–H groups in total. The number of nitrogens with one attached hydrogen (secondary N) is 1. The summed E-state index contributed by atoms with van der Waals surface area (Å²) in [6.45, 7) is 0. The summed E-state index contributed by atoms with van der Waals surface area (Å²) in [5.41, 5.74) is 2.73. The predicted molar refractivity (Wildman–Crippen MR) is 86.7 cm³/mol. The summed E-state index contributed by atoms with van der Waals surface area (Å²) >= 11 is 0. The molecule has 2 nitrogen and oxygen atoms in total. The number of benzene rings is 2. The first-order chi connectivity index (χ1) is 10.3. The molecule has 21 heavy (non-hydrogen) atoms. The van der Waals surface area contributed by atoms with Gasteiger partial charge in [-0.1, -0.05) is 42.5 Å². The van der Waals surface area contributed by atoms with Gasteiger partial charge in [-0.25, -0.2) is 0 Å². The smallest absolute Gasteiger partial charge is 0.119 e. The lowest BCUT2D eigenvalue weighted by atomic mass is 9.99. The molecular weight excluding hydrogens is 258 g/mol. The van der Waals surface area contributed by atoms with E-state index in [1.165, 1.54) is 24.0 Å². The fourth-order valence-electron chi connectivity index (χ4n) is 2.59. The van der Waals surface area contributed by atoms with Crippen LogP contribution in [0.2, 0.25) is 0 Å². The normalized spacial score (nSPS) is 15.7. The number of hydrogen-bond donors (Lipinski definition) is 1. The summed E-state index contributed by atoms with van der Waals surface area (Å²) in [6.07, 6.45) is 5.07. The van der Waals surface area contributed by atoms with E-state index in [1.54, 1.807) is 0 Å². The van der Waals surface area contributed by atoms with Gasteiger partial charge < -0.3 is 10.1 Å². The molecule has 1 fully saturated rings. The third-order valence-corrected chi connectivity index (χ3v) is 4.02. The van der Waals surface area contributed by atoms with Gasteiger partial charge in [-0.3, -0.25) is 0 Å². The van der Waals surface area contributed by atoms with Crippen LogP contribution in [0.3, 0.4) is 0 Å². The molecule has 0 aliphatic heterocycles. The van der Waals surface area contributed by atoms with Gasteiger partial charge in [0.25, 0.3) is 0 Å².